The molecular weight excluding hydrogens is 336 g/mol. The van der Waals surface area contributed by atoms with Crippen molar-refractivity contribution in [3.63, 3.8) is 0 Å². The van der Waals surface area contributed by atoms with Gasteiger partial charge in [0.1, 0.15) is 36.3 Å². The van der Waals surface area contributed by atoms with E-state index in [4.69, 9.17) is 4.74 Å². The van der Waals surface area contributed by atoms with Crippen LogP contribution in [0.1, 0.15) is 24.4 Å². The van der Waals surface area contributed by atoms with Gasteiger partial charge in [0.05, 0.1) is 24.9 Å². The number of aliphatic hydroxyl groups is 7. The third-order valence-electron chi connectivity index (χ3n) is 5.21. The van der Waals surface area contributed by atoms with Crippen molar-refractivity contribution in [2.45, 2.75) is 55.2 Å². The second-order valence-corrected chi connectivity index (χ2v) is 6.67. The Labute approximate surface area is 143 Å². The van der Waals surface area contributed by atoms with Crippen LogP contribution in [0.5, 0.6) is 0 Å². The molecule has 10 heteroatoms. The smallest absolute Gasteiger partial charge is 0.140 e. The van der Waals surface area contributed by atoms with Crippen LogP contribution in [0.4, 0.5) is 0 Å². The minimum absolute atomic E-state index is 0.0458. The SMILES string of the molecule is OCC1CC(OC2C(O)C(O)c3nccn3C2CO)C(O)C(O)C1O. The number of aliphatic hydroxyl groups excluding tert-OH is 7. The molecule has 0 saturated heterocycles. The second kappa shape index (κ2) is 7.25. The van der Waals surface area contributed by atoms with Gasteiger partial charge in [-0.15, -0.1) is 0 Å². The fourth-order valence-corrected chi connectivity index (χ4v) is 3.71. The van der Waals surface area contributed by atoms with E-state index in [1.165, 1.54) is 17.0 Å². The van der Waals surface area contributed by atoms with Gasteiger partial charge < -0.3 is 45.0 Å². The van der Waals surface area contributed by atoms with Crippen molar-refractivity contribution < 1.29 is 40.5 Å². The number of imidazole rings is 1. The summed E-state index contributed by atoms with van der Waals surface area (Å²) < 4.78 is 7.25. The summed E-state index contributed by atoms with van der Waals surface area (Å²) in [5.74, 6) is -0.510. The molecule has 10 nitrogen and oxygen atoms in total. The lowest BCUT2D eigenvalue weighted by Crippen LogP contribution is -2.58. The lowest BCUT2D eigenvalue weighted by atomic mass is 9.81. The molecule has 0 radical (unpaired) electrons. The number of aromatic nitrogens is 2. The van der Waals surface area contributed by atoms with Crippen molar-refractivity contribution in [1.82, 2.24) is 9.55 Å². The quantitative estimate of drug-likeness (QED) is 0.290. The van der Waals surface area contributed by atoms with Gasteiger partial charge in [0.15, 0.2) is 0 Å². The normalized spacial score (nSPS) is 44.5. The molecule has 0 amide bonds. The lowest BCUT2D eigenvalue weighted by Gasteiger charge is -2.44. The van der Waals surface area contributed by atoms with Crippen molar-refractivity contribution >= 4 is 0 Å². The number of fused-ring (bicyclic) bond motifs is 1. The Kier molecular flexibility index (Phi) is 5.42. The molecule has 1 aromatic heterocycles. The average molecular weight is 360 g/mol. The Bertz CT molecular complexity index is 582. The summed E-state index contributed by atoms with van der Waals surface area (Å²) in [4.78, 5) is 3.96. The van der Waals surface area contributed by atoms with E-state index in [-0.39, 0.29) is 12.2 Å². The van der Waals surface area contributed by atoms with Crippen LogP contribution >= 0.6 is 0 Å². The van der Waals surface area contributed by atoms with Gasteiger partial charge in [-0.25, -0.2) is 4.98 Å². The molecule has 25 heavy (non-hydrogen) atoms. The monoisotopic (exact) mass is 360 g/mol. The Morgan fingerprint density at radius 3 is 2.36 bits per heavy atom. The minimum Gasteiger partial charge on any atom is -0.396 e. The third-order valence-corrected chi connectivity index (χ3v) is 5.21. The van der Waals surface area contributed by atoms with E-state index in [0.29, 0.717) is 0 Å². The zero-order valence-corrected chi connectivity index (χ0v) is 13.4. The summed E-state index contributed by atoms with van der Waals surface area (Å²) >= 11 is 0. The molecule has 7 N–H and O–H groups in total. The number of nitrogens with zero attached hydrogens (tertiary/aromatic N) is 2. The highest BCUT2D eigenvalue weighted by Gasteiger charge is 2.48. The van der Waals surface area contributed by atoms with Crippen LogP contribution in [0.3, 0.4) is 0 Å². The summed E-state index contributed by atoms with van der Waals surface area (Å²) in [5.41, 5.74) is 0. The van der Waals surface area contributed by atoms with Crippen molar-refractivity contribution in [3.8, 4) is 0 Å². The average Bonchev–Trinajstić information content (AvgIpc) is 3.09. The Balaban J connectivity index is 1.83. The first-order chi connectivity index (χ1) is 11.9. The highest BCUT2D eigenvalue weighted by molar-refractivity contribution is 5.10. The molecule has 2 aliphatic rings. The van der Waals surface area contributed by atoms with Gasteiger partial charge >= 0.3 is 0 Å². The van der Waals surface area contributed by atoms with Gasteiger partial charge in [-0.2, -0.15) is 0 Å². The zero-order chi connectivity index (χ0) is 18.3. The molecule has 0 aromatic carbocycles. The number of rotatable bonds is 4. The molecule has 0 bridgehead atoms. The predicted molar refractivity (Wildman–Crippen MR) is 81.2 cm³/mol. The molecule has 2 heterocycles. The van der Waals surface area contributed by atoms with Crippen LogP contribution in [0.2, 0.25) is 0 Å². The third kappa shape index (κ3) is 3.09. The predicted octanol–water partition coefficient (Wildman–Crippen LogP) is -3.33. The van der Waals surface area contributed by atoms with Gasteiger partial charge in [0.25, 0.3) is 0 Å². The van der Waals surface area contributed by atoms with E-state index >= 15 is 0 Å². The molecule has 9 unspecified atom stereocenters. The Morgan fingerprint density at radius 2 is 1.72 bits per heavy atom. The lowest BCUT2D eigenvalue weighted by molar-refractivity contribution is -0.222. The second-order valence-electron chi connectivity index (χ2n) is 6.67. The van der Waals surface area contributed by atoms with E-state index < -0.39 is 67.9 Å². The van der Waals surface area contributed by atoms with Gasteiger partial charge in [0.2, 0.25) is 0 Å². The molecule has 1 aliphatic carbocycles. The van der Waals surface area contributed by atoms with Gasteiger partial charge in [0, 0.05) is 24.9 Å². The molecule has 1 aromatic rings. The molecule has 142 valence electrons. The summed E-state index contributed by atoms with van der Waals surface area (Å²) in [6, 6.07) is -0.750. The van der Waals surface area contributed by atoms with Crippen molar-refractivity contribution in [1.29, 1.82) is 0 Å². The molecule has 9 atom stereocenters. The maximum Gasteiger partial charge on any atom is 0.140 e. The van der Waals surface area contributed by atoms with Gasteiger partial charge in [-0.05, 0) is 6.42 Å². The molecule has 0 spiro atoms. The maximum atomic E-state index is 10.4. The van der Waals surface area contributed by atoms with Crippen LogP contribution < -0.4 is 0 Å². The standard InChI is InChI=1S/C15H24N2O8/c18-4-6-3-8(10(21)11(22)9(6)20)25-14-7(5-19)17-2-1-16-15(17)13(24)12(14)23/h1-2,6-14,18-24H,3-5H2. The van der Waals surface area contributed by atoms with E-state index in [0.717, 1.165) is 0 Å². The van der Waals surface area contributed by atoms with Crippen LogP contribution in [0.15, 0.2) is 12.4 Å². The fourth-order valence-electron chi connectivity index (χ4n) is 3.71. The molecule has 1 aliphatic heterocycles. The van der Waals surface area contributed by atoms with Crippen molar-refractivity contribution in [2.24, 2.45) is 5.92 Å². The van der Waals surface area contributed by atoms with Crippen molar-refractivity contribution in [2.75, 3.05) is 13.2 Å². The van der Waals surface area contributed by atoms with Crippen LogP contribution in [-0.2, 0) is 4.74 Å². The number of hydrogen-bond donors (Lipinski definition) is 7. The Hall–Kier alpha value is -1.11. The van der Waals surface area contributed by atoms with E-state index in [2.05, 4.69) is 4.98 Å². The minimum atomic E-state index is -1.52. The maximum absolute atomic E-state index is 10.4. The van der Waals surface area contributed by atoms with Crippen molar-refractivity contribution in [3.05, 3.63) is 18.2 Å². The highest BCUT2D eigenvalue weighted by atomic mass is 16.5. The first-order valence-electron chi connectivity index (χ1n) is 8.20. The zero-order valence-electron chi connectivity index (χ0n) is 13.4. The Morgan fingerprint density at radius 1 is 1.00 bits per heavy atom. The number of ether oxygens (including phenoxy) is 1. The summed E-state index contributed by atoms with van der Waals surface area (Å²) in [5, 5.41) is 69.6. The topological polar surface area (TPSA) is 169 Å². The highest BCUT2D eigenvalue weighted by Crippen LogP contribution is 2.36. The summed E-state index contributed by atoms with van der Waals surface area (Å²) in [7, 11) is 0. The van der Waals surface area contributed by atoms with Crippen LogP contribution in [0.25, 0.3) is 0 Å². The fraction of sp³-hybridized carbons (Fsp3) is 0.800. The van der Waals surface area contributed by atoms with E-state index in [1.54, 1.807) is 0 Å². The van der Waals surface area contributed by atoms with Crippen LogP contribution in [-0.4, -0.2) is 95.1 Å². The van der Waals surface area contributed by atoms with Gasteiger partial charge in [-0.3, -0.25) is 0 Å². The first-order valence-corrected chi connectivity index (χ1v) is 8.20. The summed E-state index contributed by atoms with van der Waals surface area (Å²) in [6.07, 6.45) is -6.07. The molecular formula is C15H24N2O8. The molecule has 1 saturated carbocycles. The number of hydrogen-bond acceptors (Lipinski definition) is 9. The first kappa shape index (κ1) is 18.7. The van der Waals surface area contributed by atoms with E-state index in [9.17, 15) is 35.7 Å². The molecule has 3 rings (SSSR count). The van der Waals surface area contributed by atoms with Crippen LogP contribution in [0, 0.1) is 5.92 Å². The van der Waals surface area contributed by atoms with Gasteiger partial charge in [-0.1, -0.05) is 0 Å². The largest absolute Gasteiger partial charge is 0.396 e. The van der Waals surface area contributed by atoms with E-state index in [1.807, 2.05) is 0 Å². The summed E-state index contributed by atoms with van der Waals surface area (Å²) in [6.45, 7) is -0.815. The molecule has 1 fully saturated rings.